The summed E-state index contributed by atoms with van der Waals surface area (Å²) >= 11 is 0. The van der Waals surface area contributed by atoms with E-state index in [0.29, 0.717) is 29.2 Å². The van der Waals surface area contributed by atoms with Gasteiger partial charge in [-0.2, -0.15) is 0 Å². The van der Waals surface area contributed by atoms with E-state index in [1.807, 2.05) is 6.92 Å². The smallest absolute Gasteiger partial charge is 0.310 e. The zero-order valence-corrected chi connectivity index (χ0v) is 12.5. The molecule has 0 radical (unpaired) electrons. The van der Waals surface area contributed by atoms with E-state index in [1.165, 1.54) is 21.1 Å². The summed E-state index contributed by atoms with van der Waals surface area (Å²) in [5.41, 5.74) is 1.75. The molecule has 0 atom stereocenters. The number of methoxy groups -OCH3 is 2. The average molecular weight is 280 g/mol. The van der Waals surface area contributed by atoms with E-state index < -0.39 is 0 Å². The lowest BCUT2D eigenvalue weighted by atomic mass is 9.97. The van der Waals surface area contributed by atoms with Crippen molar-refractivity contribution < 1.29 is 23.8 Å². The second-order valence-corrected chi connectivity index (χ2v) is 4.33. The van der Waals surface area contributed by atoms with Gasteiger partial charge < -0.3 is 14.2 Å². The van der Waals surface area contributed by atoms with Crippen LogP contribution in [0.15, 0.2) is 6.07 Å². The van der Waals surface area contributed by atoms with Crippen LogP contribution in [-0.4, -0.2) is 32.6 Å². The van der Waals surface area contributed by atoms with Gasteiger partial charge in [0.2, 0.25) is 0 Å². The first-order valence-electron chi connectivity index (χ1n) is 6.37. The van der Waals surface area contributed by atoms with Crippen molar-refractivity contribution >= 4 is 11.8 Å². The number of ketones is 1. The van der Waals surface area contributed by atoms with Gasteiger partial charge in [-0.1, -0.05) is 6.07 Å². The van der Waals surface area contributed by atoms with Crippen LogP contribution in [0.3, 0.4) is 0 Å². The maximum absolute atomic E-state index is 11.9. The Morgan fingerprint density at radius 2 is 1.75 bits per heavy atom. The molecule has 0 bridgehead atoms. The van der Waals surface area contributed by atoms with E-state index in [2.05, 4.69) is 0 Å². The third kappa shape index (κ3) is 3.29. The van der Waals surface area contributed by atoms with Crippen LogP contribution in [0.4, 0.5) is 0 Å². The summed E-state index contributed by atoms with van der Waals surface area (Å²) in [5.74, 6) is 0.311. The van der Waals surface area contributed by atoms with Crippen LogP contribution >= 0.6 is 0 Å². The predicted molar refractivity (Wildman–Crippen MR) is 74.6 cm³/mol. The van der Waals surface area contributed by atoms with Crippen LogP contribution in [-0.2, 0) is 16.0 Å². The second-order valence-electron chi connectivity index (χ2n) is 4.33. The fraction of sp³-hybridized carbons (Fsp3) is 0.467. The molecular weight excluding hydrogens is 260 g/mol. The van der Waals surface area contributed by atoms with E-state index in [0.717, 1.165) is 5.56 Å². The van der Waals surface area contributed by atoms with Crippen LogP contribution in [0, 0.1) is 6.92 Å². The Morgan fingerprint density at radius 3 is 2.20 bits per heavy atom. The van der Waals surface area contributed by atoms with Gasteiger partial charge in [0.05, 0.1) is 32.8 Å². The molecule has 0 aromatic heterocycles. The first-order chi connectivity index (χ1) is 9.46. The SMILES string of the molecule is CCOC(=O)Cc1cc(C)c(OC)c(OC)c1C(C)=O. The number of aryl methyl sites for hydroxylation is 1. The Bertz CT molecular complexity index is 519. The lowest BCUT2D eigenvalue weighted by Crippen LogP contribution is -2.13. The zero-order chi connectivity index (χ0) is 15.3. The monoisotopic (exact) mass is 280 g/mol. The number of hydrogen-bond acceptors (Lipinski definition) is 5. The molecular formula is C15H20O5. The Balaban J connectivity index is 3.39. The van der Waals surface area contributed by atoms with E-state index in [9.17, 15) is 9.59 Å². The highest BCUT2D eigenvalue weighted by Crippen LogP contribution is 2.37. The van der Waals surface area contributed by atoms with E-state index in [-0.39, 0.29) is 18.2 Å². The van der Waals surface area contributed by atoms with Crippen LogP contribution in [0.2, 0.25) is 0 Å². The van der Waals surface area contributed by atoms with Crippen molar-refractivity contribution in [1.29, 1.82) is 0 Å². The molecule has 0 heterocycles. The van der Waals surface area contributed by atoms with Gasteiger partial charge in [-0.05, 0) is 31.9 Å². The number of carbonyl (C=O) groups is 2. The number of benzene rings is 1. The molecule has 0 aliphatic carbocycles. The molecule has 1 aromatic carbocycles. The fourth-order valence-electron chi connectivity index (χ4n) is 2.18. The van der Waals surface area contributed by atoms with Gasteiger partial charge in [-0.3, -0.25) is 9.59 Å². The number of esters is 1. The summed E-state index contributed by atoms with van der Waals surface area (Å²) in [4.78, 5) is 23.5. The number of hydrogen-bond donors (Lipinski definition) is 0. The minimum Gasteiger partial charge on any atom is -0.493 e. The van der Waals surface area contributed by atoms with Gasteiger partial charge in [0.1, 0.15) is 0 Å². The number of ether oxygens (including phenoxy) is 3. The summed E-state index contributed by atoms with van der Waals surface area (Å²) in [6.45, 7) is 5.31. The molecule has 0 spiro atoms. The van der Waals surface area contributed by atoms with Gasteiger partial charge in [0, 0.05) is 0 Å². The first-order valence-corrected chi connectivity index (χ1v) is 6.37. The summed E-state index contributed by atoms with van der Waals surface area (Å²) < 4.78 is 15.5. The van der Waals surface area contributed by atoms with Crippen LogP contribution in [0.5, 0.6) is 11.5 Å². The normalized spacial score (nSPS) is 10.1. The van der Waals surface area contributed by atoms with Gasteiger partial charge in [0.25, 0.3) is 0 Å². The van der Waals surface area contributed by atoms with Crippen molar-refractivity contribution in [1.82, 2.24) is 0 Å². The number of carbonyl (C=O) groups excluding carboxylic acids is 2. The minimum absolute atomic E-state index is 0.0317. The van der Waals surface area contributed by atoms with Crippen molar-refractivity contribution in [2.45, 2.75) is 27.2 Å². The largest absolute Gasteiger partial charge is 0.493 e. The summed E-state index contributed by atoms with van der Waals surface area (Å²) in [5, 5.41) is 0. The molecule has 0 fully saturated rings. The third-order valence-corrected chi connectivity index (χ3v) is 2.90. The molecule has 1 rings (SSSR count). The molecule has 5 nitrogen and oxygen atoms in total. The van der Waals surface area contributed by atoms with Crippen LogP contribution in [0.1, 0.15) is 35.3 Å². The summed E-state index contributed by atoms with van der Waals surface area (Å²) in [6, 6.07) is 1.76. The fourth-order valence-corrected chi connectivity index (χ4v) is 2.18. The average Bonchev–Trinajstić information content (AvgIpc) is 2.37. The van der Waals surface area contributed by atoms with E-state index in [4.69, 9.17) is 14.2 Å². The Kier molecular flexibility index (Phi) is 5.55. The molecule has 0 aliphatic rings. The Hall–Kier alpha value is -2.04. The molecule has 5 heteroatoms. The highest BCUT2D eigenvalue weighted by atomic mass is 16.5. The van der Waals surface area contributed by atoms with Gasteiger partial charge in [0.15, 0.2) is 17.3 Å². The van der Waals surface area contributed by atoms with Crippen molar-refractivity contribution in [3.63, 3.8) is 0 Å². The quantitative estimate of drug-likeness (QED) is 0.591. The molecule has 0 aliphatic heterocycles. The lowest BCUT2D eigenvalue weighted by Gasteiger charge is -2.17. The molecule has 1 aromatic rings. The molecule has 0 amide bonds. The molecule has 0 saturated heterocycles. The van der Waals surface area contributed by atoms with Crippen molar-refractivity contribution in [3.8, 4) is 11.5 Å². The molecule has 0 saturated carbocycles. The topological polar surface area (TPSA) is 61.8 Å². The van der Waals surface area contributed by atoms with Crippen LogP contribution < -0.4 is 9.47 Å². The molecule has 0 unspecified atom stereocenters. The highest BCUT2D eigenvalue weighted by Gasteiger charge is 2.22. The second kappa shape index (κ2) is 6.93. The Labute approximate surface area is 118 Å². The highest BCUT2D eigenvalue weighted by molar-refractivity contribution is 6.00. The van der Waals surface area contributed by atoms with Crippen LogP contribution in [0.25, 0.3) is 0 Å². The first kappa shape index (κ1) is 16.0. The molecule has 110 valence electrons. The lowest BCUT2D eigenvalue weighted by molar-refractivity contribution is -0.142. The van der Waals surface area contributed by atoms with Gasteiger partial charge >= 0.3 is 5.97 Å². The maximum Gasteiger partial charge on any atom is 0.310 e. The standard InChI is InChI=1S/C15H20O5/c1-6-20-12(17)8-11-7-9(2)14(18-4)15(19-5)13(11)10(3)16/h7H,6,8H2,1-5H3. The van der Waals surface area contributed by atoms with Gasteiger partial charge in [-0.15, -0.1) is 0 Å². The van der Waals surface area contributed by atoms with E-state index in [1.54, 1.807) is 13.0 Å². The predicted octanol–water partition coefficient (Wildman–Crippen LogP) is 2.32. The van der Waals surface area contributed by atoms with Crippen molar-refractivity contribution in [2.24, 2.45) is 0 Å². The maximum atomic E-state index is 11.9. The van der Waals surface area contributed by atoms with E-state index >= 15 is 0 Å². The number of Topliss-reactive ketones (excluding diaryl/α,β-unsaturated/α-hetero) is 1. The molecule has 20 heavy (non-hydrogen) atoms. The summed E-state index contributed by atoms with van der Waals surface area (Å²) in [6.07, 6.45) is 0.0317. The number of rotatable bonds is 6. The Morgan fingerprint density at radius 1 is 1.15 bits per heavy atom. The van der Waals surface area contributed by atoms with Crippen molar-refractivity contribution in [3.05, 3.63) is 22.8 Å². The van der Waals surface area contributed by atoms with Crippen molar-refractivity contribution in [2.75, 3.05) is 20.8 Å². The third-order valence-electron chi connectivity index (χ3n) is 2.90. The molecule has 0 N–H and O–H groups in total. The zero-order valence-electron chi connectivity index (χ0n) is 12.5. The summed E-state index contributed by atoms with van der Waals surface area (Å²) in [7, 11) is 2.98. The minimum atomic E-state index is -0.374. The van der Waals surface area contributed by atoms with Gasteiger partial charge in [-0.25, -0.2) is 0 Å².